The highest BCUT2D eigenvalue weighted by Gasteiger charge is 2.27. The molecule has 2 aromatic carbocycles. The number of nitrogens with one attached hydrogen (secondary N) is 2. The lowest BCUT2D eigenvalue weighted by Gasteiger charge is -2.15. The minimum absolute atomic E-state index is 0.0925. The molecule has 6 aromatic heterocycles. The number of benzene rings is 2. The predicted molar refractivity (Wildman–Crippen MR) is 296 cm³/mol. The van der Waals surface area contributed by atoms with E-state index in [0.717, 1.165) is 17.5 Å². The van der Waals surface area contributed by atoms with E-state index in [1.165, 1.54) is 24.3 Å². The molecule has 0 fully saturated rings. The molecule has 0 saturated heterocycles. The fourth-order valence-electron chi connectivity index (χ4n) is 8.56. The lowest BCUT2D eigenvalue weighted by atomic mass is 10.1. The molecule has 9 rings (SSSR count). The normalized spacial score (nSPS) is 13.7. The van der Waals surface area contributed by atoms with E-state index in [-0.39, 0.29) is 61.4 Å². The van der Waals surface area contributed by atoms with Gasteiger partial charge in [0.1, 0.15) is 71.6 Å². The van der Waals surface area contributed by atoms with Gasteiger partial charge in [-0.3, -0.25) is 28.7 Å². The number of hydrogen-bond donors (Lipinski definition) is 3. The van der Waals surface area contributed by atoms with E-state index in [1.807, 2.05) is 6.92 Å². The van der Waals surface area contributed by atoms with Gasteiger partial charge in [0.05, 0.1) is 47.1 Å². The zero-order valence-corrected chi connectivity index (χ0v) is 47.3. The van der Waals surface area contributed by atoms with Gasteiger partial charge >= 0.3 is 0 Å². The van der Waals surface area contributed by atoms with E-state index >= 15 is 0 Å². The van der Waals surface area contributed by atoms with Gasteiger partial charge in [-0.25, -0.2) is 28.7 Å². The molecule has 20 nitrogen and oxygen atoms in total. The van der Waals surface area contributed by atoms with Crippen LogP contribution in [0, 0.1) is 11.6 Å². The monoisotopic (exact) mass is 1090 g/mol. The van der Waals surface area contributed by atoms with Crippen LogP contribution in [0.25, 0.3) is 66.9 Å². The molecular formula is C53H67F2N13O7Si2. The third-order valence-electron chi connectivity index (χ3n) is 12.9. The summed E-state index contributed by atoms with van der Waals surface area (Å²) in [7, 11) is 0.951. The molecule has 0 radical (unpaired) electrons. The minimum Gasteiger partial charge on any atom is -0.478 e. The fraction of sp³-hybridized carbons (Fsp3) is 0.434. The standard InChI is InChI=1S/C27H35FN6O4Si.C26H32FN7O3Si/c1-17(23(36)7-6-10-35)30-27(37)20-15-34(16-38-11-12-39(3,4)5)26-25(20)31-21(14-29-26)24-19-9-8-18(28)13-22(19)33(2)32-24;1-16(26-28-8-9-37-26)30-25(35)19-14-34(15-36-10-11-38(3,4)5)24-23(19)31-20(13-29-24)22-18-7-6-17(27)12-21(18)33(2)32-22/h8-9,13-15,17,35H,6-7,10-12,16H2,1-5H3,(H,30,37);6-7,12-14,16H,8-11,15H2,1-5H3,(H,30,35)/t17-;16-/m11/s1. The Balaban J connectivity index is 0.000000204. The summed E-state index contributed by atoms with van der Waals surface area (Å²) < 4.78 is 51.8. The van der Waals surface area contributed by atoms with Crippen LogP contribution >= 0.6 is 0 Å². The van der Waals surface area contributed by atoms with Gasteiger partial charge in [0, 0.05) is 79.7 Å². The number of aryl methyl sites for hydroxylation is 2. The molecule has 7 heterocycles. The van der Waals surface area contributed by atoms with E-state index < -0.39 is 28.1 Å². The van der Waals surface area contributed by atoms with Crippen molar-refractivity contribution in [2.75, 3.05) is 33.0 Å². The van der Waals surface area contributed by atoms with Crippen LogP contribution in [0.1, 0.15) is 47.4 Å². The van der Waals surface area contributed by atoms with Crippen molar-refractivity contribution in [1.82, 2.24) is 59.3 Å². The van der Waals surface area contributed by atoms with Crippen molar-refractivity contribution in [3.8, 4) is 22.8 Å². The zero-order valence-electron chi connectivity index (χ0n) is 45.3. The molecule has 1 aliphatic heterocycles. The maximum atomic E-state index is 13.8. The van der Waals surface area contributed by atoms with Gasteiger partial charge in [0.2, 0.25) is 5.90 Å². The first-order valence-corrected chi connectivity index (χ1v) is 33.1. The van der Waals surface area contributed by atoms with Crippen LogP contribution < -0.4 is 10.6 Å². The number of carbonyl (C=O) groups excluding carboxylic acids is 3. The number of Topliss-reactive ketones (excluding diaryl/α,β-unsaturated/α-hetero) is 1. The first kappa shape index (κ1) is 56.1. The highest BCUT2D eigenvalue weighted by molar-refractivity contribution is 6.76. The van der Waals surface area contributed by atoms with Crippen LogP contribution in [0.15, 0.2) is 66.2 Å². The van der Waals surface area contributed by atoms with Crippen LogP contribution in [-0.2, 0) is 46.6 Å². The summed E-state index contributed by atoms with van der Waals surface area (Å²) in [4.78, 5) is 62.3. The Kier molecular flexibility index (Phi) is 17.2. The SMILES string of the molecule is C[C@@H](NC(=O)c1cn(COCC[Si](C)(C)C)c2ncc(-c3nn(C)c4cc(F)ccc34)nc12)C(=O)CCCO.C[C@@H](NC(=O)c1cn(COCC[Si](C)(C)C)c2ncc(-c3nn(C)c4cc(F)ccc34)nc12)C1=NCCO1. The predicted octanol–water partition coefficient (Wildman–Crippen LogP) is 7.88. The van der Waals surface area contributed by atoms with Crippen LogP contribution in [0.4, 0.5) is 8.78 Å². The molecule has 3 N–H and O–H groups in total. The molecule has 0 unspecified atom stereocenters. The van der Waals surface area contributed by atoms with Crippen molar-refractivity contribution in [2.45, 2.75) is 104 Å². The second-order valence-corrected chi connectivity index (χ2v) is 32.8. The van der Waals surface area contributed by atoms with Gasteiger partial charge in [-0.05, 0) is 68.8 Å². The van der Waals surface area contributed by atoms with Gasteiger partial charge < -0.3 is 39.1 Å². The van der Waals surface area contributed by atoms with Gasteiger partial charge in [-0.1, -0.05) is 39.3 Å². The molecule has 2 atom stereocenters. The highest BCUT2D eigenvalue weighted by Crippen LogP contribution is 2.31. The number of rotatable bonds is 21. The summed E-state index contributed by atoms with van der Waals surface area (Å²) >= 11 is 0. The number of ketones is 1. The molecule has 0 spiro atoms. The Bertz CT molecular complexity index is 3510. The first-order valence-electron chi connectivity index (χ1n) is 25.6. The second-order valence-electron chi connectivity index (χ2n) is 21.6. The zero-order chi connectivity index (χ0) is 55.3. The fourth-order valence-corrected chi connectivity index (χ4v) is 10.1. The largest absolute Gasteiger partial charge is 0.478 e. The Labute approximate surface area is 446 Å². The van der Waals surface area contributed by atoms with Gasteiger partial charge in [-0.15, -0.1) is 0 Å². The van der Waals surface area contributed by atoms with Gasteiger partial charge in [0.15, 0.2) is 17.1 Å². The number of aliphatic hydroxyl groups excluding tert-OH is 1. The van der Waals surface area contributed by atoms with Crippen LogP contribution in [-0.4, -0.2) is 138 Å². The molecule has 1 aliphatic rings. The average Bonchev–Trinajstić information content (AvgIpc) is 4.24. The quantitative estimate of drug-likeness (QED) is 0.0460. The number of aliphatic hydroxyl groups is 1. The number of halogens is 2. The molecule has 408 valence electrons. The van der Waals surface area contributed by atoms with E-state index in [4.69, 9.17) is 29.3 Å². The number of carbonyl (C=O) groups is 3. The molecule has 77 heavy (non-hydrogen) atoms. The number of amides is 2. The van der Waals surface area contributed by atoms with E-state index in [2.05, 4.69) is 75.1 Å². The van der Waals surface area contributed by atoms with Crippen LogP contribution in [0.3, 0.4) is 0 Å². The van der Waals surface area contributed by atoms with Crippen molar-refractivity contribution in [3.63, 3.8) is 0 Å². The maximum Gasteiger partial charge on any atom is 0.255 e. The van der Waals surface area contributed by atoms with Crippen molar-refractivity contribution < 1.29 is 42.5 Å². The van der Waals surface area contributed by atoms with Crippen molar-refractivity contribution in [2.24, 2.45) is 19.1 Å². The number of fused-ring (bicyclic) bond motifs is 4. The number of hydrogen-bond acceptors (Lipinski definition) is 14. The van der Waals surface area contributed by atoms with Gasteiger partial charge in [-0.2, -0.15) is 10.2 Å². The first-order chi connectivity index (χ1) is 36.6. The number of aliphatic imine (C=N–C) groups is 1. The summed E-state index contributed by atoms with van der Waals surface area (Å²) in [6.07, 6.45) is 7.06. The summed E-state index contributed by atoms with van der Waals surface area (Å²) in [5.41, 5.74) is 5.60. The third kappa shape index (κ3) is 13.4. The Morgan fingerprint density at radius 3 is 1.66 bits per heavy atom. The third-order valence-corrected chi connectivity index (χ3v) is 16.3. The Hall–Kier alpha value is -7.13. The molecule has 0 bridgehead atoms. The molecule has 0 saturated carbocycles. The van der Waals surface area contributed by atoms with Crippen molar-refractivity contribution in [1.29, 1.82) is 0 Å². The summed E-state index contributed by atoms with van der Waals surface area (Å²) in [5.74, 6) is -1.16. The number of nitrogens with zero attached hydrogens (tertiary/aromatic N) is 11. The summed E-state index contributed by atoms with van der Waals surface area (Å²) in [6, 6.07) is 9.81. The average molecular weight is 1090 g/mol. The molecular weight excluding hydrogens is 1020 g/mol. The lowest BCUT2D eigenvalue weighted by molar-refractivity contribution is -0.120. The molecule has 24 heteroatoms. The van der Waals surface area contributed by atoms with Gasteiger partial charge in [0.25, 0.3) is 11.8 Å². The van der Waals surface area contributed by atoms with Crippen LogP contribution in [0.2, 0.25) is 51.4 Å². The molecule has 8 aromatic rings. The summed E-state index contributed by atoms with van der Waals surface area (Å²) in [5, 5.41) is 25.3. The maximum absolute atomic E-state index is 13.8. The minimum atomic E-state index is -1.28. The summed E-state index contributed by atoms with van der Waals surface area (Å²) in [6.45, 7) is 19.8. The van der Waals surface area contributed by atoms with E-state index in [9.17, 15) is 23.2 Å². The topological polar surface area (TPSA) is 233 Å². The number of ether oxygens (including phenoxy) is 3. The highest BCUT2D eigenvalue weighted by atomic mass is 28.3. The Morgan fingerprint density at radius 1 is 0.740 bits per heavy atom. The molecule has 2 amide bonds. The van der Waals surface area contributed by atoms with E-state index in [1.54, 1.807) is 76.4 Å². The van der Waals surface area contributed by atoms with Crippen molar-refractivity contribution in [3.05, 3.63) is 83.9 Å². The lowest BCUT2D eigenvalue weighted by Crippen LogP contribution is -2.38. The molecule has 0 aliphatic carbocycles. The number of aromatic nitrogens is 10. The van der Waals surface area contributed by atoms with E-state index in [0.29, 0.717) is 106 Å². The smallest absolute Gasteiger partial charge is 0.255 e. The second kappa shape index (κ2) is 23.6. The van der Waals surface area contributed by atoms with Crippen molar-refractivity contribution >= 4 is 83.8 Å². The Morgan fingerprint density at radius 2 is 1.22 bits per heavy atom. The van der Waals surface area contributed by atoms with Crippen LogP contribution in [0.5, 0.6) is 0 Å².